The first-order chi connectivity index (χ1) is 7.22. The molecule has 0 aliphatic rings. The maximum Gasteiger partial charge on any atom is 0.326 e. The normalized spacial score (nSPS) is 13.2. The van der Waals surface area contributed by atoms with E-state index in [0.717, 1.165) is 11.0 Å². The average molecular weight is 206 g/mol. The van der Waals surface area contributed by atoms with E-state index in [1.54, 1.807) is 4.57 Å². The van der Waals surface area contributed by atoms with Crippen molar-refractivity contribution in [2.45, 2.75) is 26.0 Å². The SMILES string of the molecule is CCC(O)Cn1c(=O)[nH]c2ccccc21. The average Bonchev–Trinajstić information content (AvgIpc) is 2.55. The number of hydrogen-bond donors (Lipinski definition) is 2. The highest BCUT2D eigenvalue weighted by Crippen LogP contribution is 2.09. The Balaban J connectivity index is 2.50. The van der Waals surface area contributed by atoms with Gasteiger partial charge in [0, 0.05) is 0 Å². The minimum absolute atomic E-state index is 0.163. The van der Waals surface area contributed by atoms with E-state index >= 15 is 0 Å². The molecule has 0 amide bonds. The van der Waals surface area contributed by atoms with Crippen molar-refractivity contribution in [2.75, 3.05) is 0 Å². The Morgan fingerprint density at radius 1 is 1.47 bits per heavy atom. The van der Waals surface area contributed by atoms with Crippen LogP contribution in [0.2, 0.25) is 0 Å². The fourth-order valence-corrected chi connectivity index (χ4v) is 1.63. The van der Waals surface area contributed by atoms with Crippen LogP contribution in [0.1, 0.15) is 13.3 Å². The quantitative estimate of drug-likeness (QED) is 0.790. The van der Waals surface area contributed by atoms with Crippen molar-refractivity contribution in [2.24, 2.45) is 0 Å². The van der Waals surface area contributed by atoms with Crippen LogP contribution in [0.15, 0.2) is 29.1 Å². The second kappa shape index (κ2) is 3.90. The molecule has 0 aliphatic heterocycles. The van der Waals surface area contributed by atoms with Gasteiger partial charge in [-0.3, -0.25) is 4.57 Å². The van der Waals surface area contributed by atoms with Crippen molar-refractivity contribution >= 4 is 11.0 Å². The molecule has 0 spiro atoms. The highest BCUT2D eigenvalue weighted by atomic mass is 16.3. The van der Waals surface area contributed by atoms with Crippen molar-refractivity contribution in [3.63, 3.8) is 0 Å². The minimum atomic E-state index is -0.470. The van der Waals surface area contributed by atoms with Crippen LogP contribution in [0, 0.1) is 0 Å². The fourth-order valence-electron chi connectivity index (χ4n) is 1.63. The van der Waals surface area contributed by atoms with Gasteiger partial charge in [-0.25, -0.2) is 4.79 Å². The summed E-state index contributed by atoms with van der Waals surface area (Å²) in [6, 6.07) is 7.48. The number of aliphatic hydroxyl groups excluding tert-OH is 1. The van der Waals surface area contributed by atoms with Crippen molar-refractivity contribution < 1.29 is 5.11 Å². The molecule has 0 fully saturated rings. The third-order valence-corrected chi connectivity index (χ3v) is 2.55. The Morgan fingerprint density at radius 2 is 2.20 bits per heavy atom. The van der Waals surface area contributed by atoms with E-state index in [9.17, 15) is 9.90 Å². The Bertz CT molecular complexity index is 513. The van der Waals surface area contributed by atoms with Crippen LogP contribution in [0.25, 0.3) is 11.0 Å². The van der Waals surface area contributed by atoms with Crippen molar-refractivity contribution in [3.8, 4) is 0 Å². The number of fused-ring (bicyclic) bond motifs is 1. The summed E-state index contributed by atoms with van der Waals surface area (Å²) >= 11 is 0. The van der Waals surface area contributed by atoms with Gasteiger partial charge in [0.25, 0.3) is 0 Å². The molecule has 0 bridgehead atoms. The summed E-state index contributed by atoms with van der Waals surface area (Å²) in [6.07, 6.45) is 0.174. The van der Waals surface area contributed by atoms with Crippen molar-refractivity contribution in [3.05, 3.63) is 34.7 Å². The van der Waals surface area contributed by atoms with E-state index in [-0.39, 0.29) is 5.69 Å². The topological polar surface area (TPSA) is 58.0 Å². The standard InChI is InChI=1S/C11H14N2O2/c1-2-8(14)7-13-10-6-4-3-5-9(10)12-11(13)15/h3-6,8,14H,2,7H2,1H3,(H,12,15). The number of nitrogens with zero attached hydrogens (tertiary/aromatic N) is 1. The molecular formula is C11H14N2O2. The molecule has 4 nitrogen and oxygen atoms in total. The van der Waals surface area contributed by atoms with Gasteiger partial charge < -0.3 is 10.1 Å². The molecule has 1 atom stereocenters. The number of para-hydroxylation sites is 2. The molecule has 0 aliphatic carbocycles. The van der Waals surface area contributed by atoms with E-state index in [2.05, 4.69) is 4.98 Å². The van der Waals surface area contributed by atoms with Gasteiger partial charge in [-0.1, -0.05) is 19.1 Å². The second-order valence-corrected chi connectivity index (χ2v) is 3.62. The van der Waals surface area contributed by atoms with E-state index in [4.69, 9.17) is 0 Å². The highest BCUT2D eigenvalue weighted by Gasteiger charge is 2.09. The summed E-state index contributed by atoms with van der Waals surface area (Å²) in [5, 5.41) is 9.54. The molecule has 1 aromatic carbocycles. The van der Waals surface area contributed by atoms with Gasteiger partial charge in [0.15, 0.2) is 0 Å². The zero-order valence-electron chi connectivity index (χ0n) is 8.60. The van der Waals surface area contributed by atoms with Gasteiger partial charge in [0.1, 0.15) is 0 Å². The first-order valence-electron chi connectivity index (χ1n) is 5.08. The van der Waals surface area contributed by atoms with Crippen LogP contribution in [-0.4, -0.2) is 20.8 Å². The summed E-state index contributed by atoms with van der Waals surface area (Å²) < 4.78 is 1.57. The lowest BCUT2D eigenvalue weighted by molar-refractivity contribution is 0.150. The van der Waals surface area contributed by atoms with E-state index < -0.39 is 6.10 Å². The number of hydrogen-bond acceptors (Lipinski definition) is 2. The lowest BCUT2D eigenvalue weighted by Gasteiger charge is -2.08. The molecule has 1 aromatic heterocycles. The van der Waals surface area contributed by atoms with Gasteiger partial charge in [0.2, 0.25) is 0 Å². The zero-order chi connectivity index (χ0) is 10.8. The number of aliphatic hydroxyl groups is 1. The smallest absolute Gasteiger partial charge is 0.326 e. The third-order valence-electron chi connectivity index (χ3n) is 2.55. The van der Waals surface area contributed by atoms with Crippen LogP contribution >= 0.6 is 0 Å². The lowest BCUT2D eigenvalue weighted by atomic mass is 10.2. The largest absolute Gasteiger partial charge is 0.391 e. The Morgan fingerprint density at radius 3 is 2.93 bits per heavy atom. The lowest BCUT2D eigenvalue weighted by Crippen LogP contribution is -2.24. The molecule has 1 heterocycles. The van der Waals surface area contributed by atoms with Crippen LogP contribution in [0.4, 0.5) is 0 Å². The molecular weight excluding hydrogens is 192 g/mol. The molecule has 0 radical (unpaired) electrons. The van der Waals surface area contributed by atoms with Gasteiger partial charge in [-0.05, 0) is 18.6 Å². The molecule has 80 valence electrons. The number of imidazole rings is 1. The summed E-state index contributed by atoms with van der Waals surface area (Å²) in [5.41, 5.74) is 1.49. The predicted molar refractivity (Wildman–Crippen MR) is 58.9 cm³/mol. The van der Waals surface area contributed by atoms with E-state index in [0.29, 0.717) is 13.0 Å². The Hall–Kier alpha value is -1.55. The highest BCUT2D eigenvalue weighted by molar-refractivity contribution is 5.74. The van der Waals surface area contributed by atoms with Crippen LogP contribution in [0.3, 0.4) is 0 Å². The first kappa shape index (κ1) is 9.98. The Labute approximate surface area is 87.2 Å². The molecule has 1 unspecified atom stereocenters. The number of benzene rings is 1. The number of nitrogens with one attached hydrogen (secondary N) is 1. The summed E-state index contributed by atoms with van der Waals surface area (Å²) in [7, 11) is 0. The van der Waals surface area contributed by atoms with Crippen molar-refractivity contribution in [1.82, 2.24) is 9.55 Å². The number of aromatic amines is 1. The molecule has 0 saturated heterocycles. The molecule has 2 aromatic rings. The zero-order valence-corrected chi connectivity index (χ0v) is 8.60. The predicted octanol–water partition coefficient (Wildman–Crippen LogP) is 1.10. The van der Waals surface area contributed by atoms with Crippen LogP contribution in [0.5, 0.6) is 0 Å². The first-order valence-corrected chi connectivity index (χ1v) is 5.08. The number of aromatic nitrogens is 2. The molecule has 2 N–H and O–H groups in total. The summed E-state index contributed by atoms with van der Waals surface area (Å²) in [5.74, 6) is 0. The van der Waals surface area contributed by atoms with E-state index in [1.807, 2.05) is 31.2 Å². The maximum atomic E-state index is 11.6. The molecule has 0 saturated carbocycles. The van der Waals surface area contributed by atoms with Gasteiger partial charge in [0.05, 0.1) is 23.7 Å². The van der Waals surface area contributed by atoms with E-state index in [1.165, 1.54) is 0 Å². The number of rotatable bonds is 3. The van der Waals surface area contributed by atoms with Crippen LogP contribution in [-0.2, 0) is 6.54 Å². The molecule has 15 heavy (non-hydrogen) atoms. The van der Waals surface area contributed by atoms with Crippen molar-refractivity contribution in [1.29, 1.82) is 0 Å². The van der Waals surface area contributed by atoms with Crippen LogP contribution < -0.4 is 5.69 Å². The summed E-state index contributed by atoms with van der Waals surface area (Å²) in [4.78, 5) is 14.3. The number of H-pyrrole nitrogens is 1. The molecule has 2 rings (SSSR count). The summed E-state index contributed by atoms with van der Waals surface area (Å²) in [6.45, 7) is 2.24. The maximum absolute atomic E-state index is 11.6. The molecule has 4 heteroatoms. The minimum Gasteiger partial charge on any atom is -0.391 e. The Kier molecular flexibility index (Phi) is 2.60. The third kappa shape index (κ3) is 1.80. The fraction of sp³-hybridized carbons (Fsp3) is 0.364. The second-order valence-electron chi connectivity index (χ2n) is 3.62. The monoisotopic (exact) mass is 206 g/mol. The van der Waals surface area contributed by atoms with Gasteiger partial charge >= 0.3 is 5.69 Å². The van der Waals surface area contributed by atoms with Gasteiger partial charge in [-0.15, -0.1) is 0 Å². The van der Waals surface area contributed by atoms with Gasteiger partial charge in [-0.2, -0.15) is 0 Å².